The SMILES string of the molecule is C[C@@H]1CN(C(=O)c2cc3ccc(Cl)cc3[nH]2)C[C@H]1C(=O)O. The number of aliphatic carboxylic acids is 1. The highest BCUT2D eigenvalue weighted by Gasteiger charge is 2.37. The molecule has 110 valence electrons. The molecular weight excluding hydrogens is 292 g/mol. The summed E-state index contributed by atoms with van der Waals surface area (Å²) in [6, 6.07) is 7.15. The molecule has 2 heterocycles. The highest BCUT2D eigenvalue weighted by Crippen LogP contribution is 2.26. The predicted octanol–water partition coefficient (Wildman–Crippen LogP) is 2.61. The molecular formula is C15H15ClN2O3. The largest absolute Gasteiger partial charge is 0.481 e. The number of rotatable bonds is 2. The van der Waals surface area contributed by atoms with E-state index in [0.717, 1.165) is 10.9 Å². The second-order valence-corrected chi connectivity index (χ2v) is 5.98. The minimum absolute atomic E-state index is 0.0368. The first kappa shape index (κ1) is 13.9. The van der Waals surface area contributed by atoms with Crippen LogP contribution in [0.3, 0.4) is 0 Å². The molecule has 2 aromatic rings. The summed E-state index contributed by atoms with van der Waals surface area (Å²) in [5.74, 6) is -1.54. The highest BCUT2D eigenvalue weighted by molar-refractivity contribution is 6.31. The number of carboxylic acid groups (broad SMARTS) is 1. The second kappa shape index (κ2) is 5.07. The Balaban J connectivity index is 1.86. The second-order valence-electron chi connectivity index (χ2n) is 5.55. The van der Waals surface area contributed by atoms with E-state index in [-0.39, 0.29) is 18.4 Å². The van der Waals surface area contributed by atoms with E-state index >= 15 is 0 Å². The van der Waals surface area contributed by atoms with Gasteiger partial charge in [0.1, 0.15) is 5.69 Å². The van der Waals surface area contributed by atoms with E-state index in [9.17, 15) is 9.59 Å². The average Bonchev–Trinajstić information content (AvgIpc) is 3.00. The summed E-state index contributed by atoms with van der Waals surface area (Å²) in [7, 11) is 0. The number of hydrogen-bond donors (Lipinski definition) is 2. The van der Waals surface area contributed by atoms with Crippen LogP contribution in [0.25, 0.3) is 10.9 Å². The fraction of sp³-hybridized carbons (Fsp3) is 0.333. The van der Waals surface area contributed by atoms with Crippen molar-refractivity contribution in [2.75, 3.05) is 13.1 Å². The van der Waals surface area contributed by atoms with E-state index in [4.69, 9.17) is 16.7 Å². The molecule has 0 saturated carbocycles. The molecule has 1 aromatic heterocycles. The van der Waals surface area contributed by atoms with Crippen molar-refractivity contribution in [2.45, 2.75) is 6.92 Å². The van der Waals surface area contributed by atoms with Crippen LogP contribution in [0.5, 0.6) is 0 Å². The number of fused-ring (bicyclic) bond motifs is 1. The highest BCUT2D eigenvalue weighted by atomic mass is 35.5. The van der Waals surface area contributed by atoms with Crippen molar-refractivity contribution in [1.82, 2.24) is 9.88 Å². The number of H-pyrrole nitrogens is 1. The third-order valence-electron chi connectivity index (χ3n) is 4.03. The van der Waals surface area contributed by atoms with Crippen molar-refractivity contribution in [3.05, 3.63) is 35.0 Å². The minimum atomic E-state index is -0.846. The summed E-state index contributed by atoms with van der Waals surface area (Å²) >= 11 is 5.93. The number of carbonyl (C=O) groups is 2. The van der Waals surface area contributed by atoms with Gasteiger partial charge in [-0.15, -0.1) is 0 Å². The van der Waals surface area contributed by atoms with Gasteiger partial charge in [-0.05, 0) is 24.1 Å². The van der Waals surface area contributed by atoms with Crippen molar-refractivity contribution in [2.24, 2.45) is 11.8 Å². The molecule has 0 spiro atoms. The van der Waals surface area contributed by atoms with Gasteiger partial charge in [0.2, 0.25) is 0 Å². The Morgan fingerprint density at radius 1 is 1.33 bits per heavy atom. The Labute approximate surface area is 126 Å². The number of carbonyl (C=O) groups excluding carboxylic acids is 1. The zero-order chi connectivity index (χ0) is 15.1. The van der Waals surface area contributed by atoms with Gasteiger partial charge in [0.25, 0.3) is 5.91 Å². The zero-order valence-electron chi connectivity index (χ0n) is 11.5. The van der Waals surface area contributed by atoms with Crippen LogP contribution in [0.4, 0.5) is 0 Å². The van der Waals surface area contributed by atoms with Crippen LogP contribution in [-0.2, 0) is 4.79 Å². The van der Waals surface area contributed by atoms with Crippen molar-refractivity contribution >= 4 is 34.4 Å². The third kappa shape index (κ3) is 2.49. The monoisotopic (exact) mass is 306 g/mol. The number of aromatic nitrogens is 1. The molecule has 1 amide bonds. The quantitative estimate of drug-likeness (QED) is 0.895. The van der Waals surface area contributed by atoms with E-state index in [0.29, 0.717) is 17.3 Å². The van der Waals surface area contributed by atoms with Crippen LogP contribution < -0.4 is 0 Å². The molecule has 2 atom stereocenters. The topological polar surface area (TPSA) is 73.4 Å². The molecule has 1 aliphatic heterocycles. The van der Waals surface area contributed by atoms with E-state index in [1.54, 1.807) is 23.1 Å². The average molecular weight is 307 g/mol. The summed E-state index contributed by atoms with van der Waals surface area (Å²) < 4.78 is 0. The number of likely N-dealkylation sites (tertiary alicyclic amines) is 1. The Kier molecular flexibility index (Phi) is 3.37. The molecule has 1 aromatic carbocycles. The predicted molar refractivity (Wildman–Crippen MR) is 79.5 cm³/mol. The minimum Gasteiger partial charge on any atom is -0.481 e. The van der Waals surface area contributed by atoms with Crippen LogP contribution in [0.1, 0.15) is 17.4 Å². The van der Waals surface area contributed by atoms with Gasteiger partial charge in [-0.3, -0.25) is 9.59 Å². The summed E-state index contributed by atoms with van der Waals surface area (Å²) in [6.45, 7) is 2.58. The van der Waals surface area contributed by atoms with Gasteiger partial charge < -0.3 is 15.0 Å². The lowest BCUT2D eigenvalue weighted by Gasteiger charge is -2.14. The molecule has 1 fully saturated rings. The fourth-order valence-electron chi connectivity index (χ4n) is 2.84. The van der Waals surface area contributed by atoms with E-state index in [2.05, 4.69) is 4.98 Å². The molecule has 0 radical (unpaired) electrons. The van der Waals surface area contributed by atoms with Crippen LogP contribution >= 0.6 is 11.6 Å². The first-order valence-corrected chi connectivity index (χ1v) is 7.14. The number of aromatic amines is 1. The normalized spacial score (nSPS) is 21.9. The maximum Gasteiger partial charge on any atom is 0.308 e. The van der Waals surface area contributed by atoms with Crippen molar-refractivity contribution in [3.63, 3.8) is 0 Å². The molecule has 6 heteroatoms. The van der Waals surface area contributed by atoms with Gasteiger partial charge in [-0.2, -0.15) is 0 Å². The van der Waals surface area contributed by atoms with Gasteiger partial charge in [0.15, 0.2) is 0 Å². The molecule has 0 unspecified atom stereocenters. The van der Waals surface area contributed by atoms with Gasteiger partial charge >= 0.3 is 5.97 Å². The lowest BCUT2D eigenvalue weighted by atomic mass is 9.99. The number of nitrogens with one attached hydrogen (secondary N) is 1. The van der Waals surface area contributed by atoms with Crippen LogP contribution in [0, 0.1) is 11.8 Å². The van der Waals surface area contributed by atoms with E-state index < -0.39 is 11.9 Å². The summed E-state index contributed by atoms with van der Waals surface area (Å²) in [4.78, 5) is 28.3. The Bertz CT molecular complexity index is 725. The summed E-state index contributed by atoms with van der Waals surface area (Å²) in [5.41, 5.74) is 1.26. The number of nitrogens with zero attached hydrogens (tertiary/aromatic N) is 1. The molecule has 1 saturated heterocycles. The number of hydrogen-bond acceptors (Lipinski definition) is 2. The van der Waals surface area contributed by atoms with Gasteiger partial charge in [-0.1, -0.05) is 24.6 Å². The summed E-state index contributed by atoms with van der Waals surface area (Å²) in [5, 5.41) is 10.6. The Morgan fingerprint density at radius 3 is 2.76 bits per heavy atom. The molecule has 21 heavy (non-hydrogen) atoms. The molecule has 0 aliphatic carbocycles. The molecule has 3 rings (SSSR count). The number of amides is 1. The number of carboxylic acids is 1. The van der Waals surface area contributed by atoms with Crippen LogP contribution in [-0.4, -0.2) is 40.0 Å². The first-order chi connectivity index (χ1) is 9.95. The lowest BCUT2D eigenvalue weighted by molar-refractivity contribution is -0.142. The first-order valence-electron chi connectivity index (χ1n) is 6.76. The summed E-state index contributed by atoms with van der Waals surface area (Å²) in [6.07, 6.45) is 0. The van der Waals surface area contributed by atoms with Crippen molar-refractivity contribution in [3.8, 4) is 0 Å². The van der Waals surface area contributed by atoms with E-state index in [1.807, 2.05) is 13.0 Å². The van der Waals surface area contributed by atoms with Gasteiger partial charge in [-0.25, -0.2) is 0 Å². The van der Waals surface area contributed by atoms with E-state index in [1.165, 1.54) is 0 Å². The molecule has 2 N–H and O–H groups in total. The number of halogens is 1. The van der Waals surface area contributed by atoms with Crippen LogP contribution in [0.2, 0.25) is 5.02 Å². The van der Waals surface area contributed by atoms with Crippen molar-refractivity contribution in [1.29, 1.82) is 0 Å². The smallest absolute Gasteiger partial charge is 0.308 e. The Morgan fingerprint density at radius 2 is 2.10 bits per heavy atom. The third-order valence-corrected chi connectivity index (χ3v) is 4.27. The zero-order valence-corrected chi connectivity index (χ0v) is 12.2. The maximum absolute atomic E-state index is 12.5. The van der Waals surface area contributed by atoms with Gasteiger partial charge in [0.05, 0.1) is 5.92 Å². The molecule has 5 nitrogen and oxygen atoms in total. The number of benzene rings is 1. The maximum atomic E-state index is 12.5. The van der Waals surface area contributed by atoms with Crippen LogP contribution in [0.15, 0.2) is 24.3 Å². The fourth-order valence-corrected chi connectivity index (χ4v) is 3.01. The van der Waals surface area contributed by atoms with Gasteiger partial charge in [0, 0.05) is 29.0 Å². The Hall–Kier alpha value is -2.01. The molecule has 1 aliphatic rings. The lowest BCUT2D eigenvalue weighted by Crippen LogP contribution is -2.30. The van der Waals surface area contributed by atoms with Crippen molar-refractivity contribution < 1.29 is 14.7 Å². The molecule has 0 bridgehead atoms. The standard InChI is InChI=1S/C15H15ClN2O3/c1-8-6-18(7-11(8)15(20)21)14(19)13-4-9-2-3-10(16)5-12(9)17-13/h2-5,8,11,17H,6-7H2,1H3,(H,20,21)/t8-,11-/m1/s1.